The normalized spacial score (nSPS) is 12.9. The molecule has 1 heterocycles. The van der Waals surface area contributed by atoms with Crippen LogP contribution in [-0.4, -0.2) is 39.8 Å². The van der Waals surface area contributed by atoms with Gasteiger partial charge in [-0.15, -0.1) is 11.3 Å². The quantitative estimate of drug-likeness (QED) is 0.476. The molecule has 7 nitrogen and oxygen atoms in total. The fraction of sp³-hybridized carbons (Fsp3) is 0.391. The van der Waals surface area contributed by atoms with E-state index in [0.29, 0.717) is 33.4 Å². The third-order valence-electron chi connectivity index (χ3n) is 5.04. The third-order valence-corrected chi connectivity index (χ3v) is 6.24. The second-order valence-corrected chi connectivity index (χ2v) is 7.99. The van der Waals surface area contributed by atoms with Crippen LogP contribution in [0.15, 0.2) is 18.2 Å². The van der Waals surface area contributed by atoms with Gasteiger partial charge in [0.05, 0.1) is 33.5 Å². The van der Waals surface area contributed by atoms with Crippen molar-refractivity contribution in [1.29, 1.82) is 0 Å². The van der Waals surface area contributed by atoms with Crippen molar-refractivity contribution in [1.82, 2.24) is 0 Å². The van der Waals surface area contributed by atoms with Crippen molar-refractivity contribution in [2.45, 2.75) is 32.6 Å². The van der Waals surface area contributed by atoms with E-state index < -0.39 is 0 Å². The Bertz CT molecular complexity index is 994. The minimum Gasteiger partial charge on any atom is -0.493 e. The number of amides is 1. The first kappa shape index (κ1) is 22.7. The number of hydrogen-bond donors (Lipinski definition) is 1. The average Bonchev–Trinajstić information content (AvgIpc) is 3.14. The van der Waals surface area contributed by atoms with Crippen LogP contribution >= 0.6 is 11.3 Å². The van der Waals surface area contributed by atoms with Crippen molar-refractivity contribution >= 4 is 34.3 Å². The van der Waals surface area contributed by atoms with Gasteiger partial charge >= 0.3 is 5.97 Å². The number of rotatable bonds is 8. The van der Waals surface area contributed by atoms with Gasteiger partial charge in [0, 0.05) is 16.5 Å². The van der Waals surface area contributed by atoms with E-state index in [1.54, 1.807) is 32.2 Å². The summed E-state index contributed by atoms with van der Waals surface area (Å²) < 4.78 is 21.3. The second kappa shape index (κ2) is 10.3. The fourth-order valence-corrected chi connectivity index (χ4v) is 4.93. The lowest BCUT2D eigenvalue weighted by Gasteiger charge is -2.14. The number of anilines is 1. The predicted molar refractivity (Wildman–Crippen MR) is 121 cm³/mol. The van der Waals surface area contributed by atoms with Gasteiger partial charge in [-0.3, -0.25) is 4.79 Å². The zero-order chi connectivity index (χ0) is 22.4. The van der Waals surface area contributed by atoms with Crippen LogP contribution in [0.2, 0.25) is 0 Å². The summed E-state index contributed by atoms with van der Waals surface area (Å²) in [5, 5.41) is 3.40. The molecule has 8 heteroatoms. The number of methoxy groups -OCH3 is 3. The minimum absolute atomic E-state index is 0.288. The number of fused-ring (bicyclic) bond motifs is 1. The Kier molecular flexibility index (Phi) is 7.57. The van der Waals surface area contributed by atoms with Gasteiger partial charge in [-0.05, 0) is 56.4 Å². The molecule has 2 aromatic rings. The van der Waals surface area contributed by atoms with E-state index in [0.717, 1.165) is 36.1 Å². The maximum absolute atomic E-state index is 12.7. The molecule has 1 aromatic heterocycles. The van der Waals surface area contributed by atoms with E-state index in [4.69, 9.17) is 18.9 Å². The Labute approximate surface area is 186 Å². The van der Waals surface area contributed by atoms with Crippen molar-refractivity contribution in [3.05, 3.63) is 39.8 Å². The molecule has 0 spiro atoms. The number of esters is 1. The minimum atomic E-state index is -0.386. The Morgan fingerprint density at radius 1 is 1.06 bits per heavy atom. The van der Waals surface area contributed by atoms with E-state index in [-0.39, 0.29) is 18.5 Å². The number of thiophene rings is 1. The lowest BCUT2D eigenvalue weighted by molar-refractivity contribution is -0.111. The number of hydrogen-bond acceptors (Lipinski definition) is 7. The lowest BCUT2D eigenvalue weighted by Crippen LogP contribution is -2.14. The average molecular weight is 446 g/mol. The van der Waals surface area contributed by atoms with Gasteiger partial charge < -0.3 is 24.3 Å². The van der Waals surface area contributed by atoms with Crippen molar-refractivity contribution in [2.24, 2.45) is 0 Å². The lowest BCUT2D eigenvalue weighted by atomic mass is 9.95. The first-order valence-electron chi connectivity index (χ1n) is 10.1. The summed E-state index contributed by atoms with van der Waals surface area (Å²) in [4.78, 5) is 26.4. The van der Waals surface area contributed by atoms with Crippen LogP contribution in [0.1, 0.15) is 46.1 Å². The molecule has 3 rings (SSSR count). The van der Waals surface area contributed by atoms with Gasteiger partial charge in [-0.2, -0.15) is 0 Å². The summed E-state index contributed by atoms with van der Waals surface area (Å²) in [7, 11) is 4.59. The SMILES string of the molecule is CCOC(=O)c1c(NC(=O)/C=C/c2ccc(OC)c(OC)c2OC)sc2c1CCCC2. The molecule has 31 heavy (non-hydrogen) atoms. The summed E-state index contributed by atoms with van der Waals surface area (Å²) in [5.41, 5.74) is 2.16. The highest BCUT2D eigenvalue weighted by atomic mass is 32.1. The summed E-state index contributed by atoms with van der Waals surface area (Å²) >= 11 is 1.46. The van der Waals surface area contributed by atoms with Crippen LogP contribution in [0, 0.1) is 0 Å². The van der Waals surface area contributed by atoms with E-state index in [1.165, 1.54) is 31.6 Å². The fourth-order valence-electron chi connectivity index (χ4n) is 3.65. The summed E-state index contributed by atoms with van der Waals surface area (Å²) in [5.74, 6) is 0.709. The standard InChI is InChI=1S/C23H27NO6S/c1-5-30-23(26)19-15-8-6-7-9-17(15)31-22(19)24-18(25)13-11-14-10-12-16(27-2)21(29-4)20(14)28-3/h10-13H,5-9H2,1-4H3,(H,24,25)/b13-11+. The van der Waals surface area contributed by atoms with Crippen molar-refractivity contribution in [2.75, 3.05) is 33.3 Å². The molecule has 166 valence electrons. The zero-order valence-corrected chi connectivity index (χ0v) is 19.0. The molecule has 0 atom stereocenters. The Morgan fingerprint density at radius 3 is 2.48 bits per heavy atom. The predicted octanol–water partition coefficient (Wildman–Crippen LogP) is 4.48. The number of benzene rings is 1. The maximum Gasteiger partial charge on any atom is 0.341 e. The largest absolute Gasteiger partial charge is 0.493 e. The molecule has 0 bridgehead atoms. The third kappa shape index (κ3) is 4.85. The van der Waals surface area contributed by atoms with Crippen LogP contribution in [0.3, 0.4) is 0 Å². The Morgan fingerprint density at radius 2 is 1.81 bits per heavy atom. The van der Waals surface area contributed by atoms with E-state index >= 15 is 0 Å². The van der Waals surface area contributed by atoms with Crippen LogP contribution in [0.25, 0.3) is 6.08 Å². The molecule has 1 amide bonds. The molecule has 0 fully saturated rings. The summed E-state index contributed by atoms with van der Waals surface area (Å²) in [6, 6.07) is 3.52. The first-order valence-corrected chi connectivity index (χ1v) is 10.9. The molecular formula is C23H27NO6S. The number of aryl methyl sites for hydroxylation is 1. The van der Waals surface area contributed by atoms with Crippen LogP contribution in [0.4, 0.5) is 5.00 Å². The van der Waals surface area contributed by atoms with Crippen LogP contribution in [0.5, 0.6) is 17.2 Å². The molecule has 1 aromatic carbocycles. The highest BCUT2D eigenvalue weighted by Gasteiger charge is 2.27. The molecule has 0 saturated heterocycles. The molecule has 0 unspecified atom stereocenters. The molecule has 0 aliphatic heterocycles. The van der Waals surface area contributed by atoms with Crippen LogP contribution in [-0.2, 0) is 22.4 Å². The topological polar surface area (TPSA) is 83.1 Å². The monoisotopic (exact) mass is 445 g/mol. The highest BCUT2D eigenvalue weighted by Crippen LogP contribution is 2.41. The van der Waals surface area contributed by atoms with E-state index in [1.807, 2.05) is 0 Å². The van der Waals surface area contributed by atoms with E-state index in [9.17, 15) is 9.59 Å². The van der Waals surface area contributed by atoms with Gasteiger partial charge in [0.1, 0.15) is 5.00 Å². The van der Waals surface area contributed by atoms with E-state index in [2.05, 4.69) is 5.32 Å². The first-order chi connectivity index (χ1) is 15.0. The van der Waals surface area contributed by atoms with Crippen molar-refractivity contribution < 1.29 is 28.5 Å². The number of carbonyl (C=O) groups excluding carboxylic acids is 2. The molecule has 1 aliphatic rings. The van der Waals surface area contributed by atoms with Crippen molar-refractivity contribution in [3.63, 3.8) is 0 Å². The van der Waals surface area contributed by atoms with Gasteiger partial charge in [0.2, 0.25) is 11.7 Å². The maximum atomic E-state index is 12.7. The smallest absolute Gasteiger partial charge is 0.341 e. The zero-order valence-electron chi connectivity index (χ0n) is 18.2. The molecular weight excluding hydrogens is 418 g/mol. The van der Waals surface area contributed by atoms with Crippen molar-refractivity contribution in [3.8, 4) is 17.2 Å². The molecule has 1 N–H and O–H groups in total. The van der Waals surface area contributed by atoms with Crippen LogP contribution < -0.4 is 19.5 Å². The molecule has 0 saturated carbocycles. The molecule has 0 radical (unpaired) electrons. The number of ether oxygens (including phenoxy) is 4. The van der Waals surface area contributed by atoms with Gasteiger partial charge in [-0.1, -0.05) is 0 Å². The summed E-state index contributed by atoms with van der Waals surface area (Å²) in [6.45, 7) is 2.06. The summed E-state index contributed by atoms with van der Waals surface area (Å²) in [6.07, 6.45) is 6.89. The number of nitrogens with one attached hydrogen (secondary N) is 1. The molecule has 1 aliphatic carbocycles. The Balaban J connectivity index is 1.85. The number of carbonyl (C=O) groups is 2. The second-order valence-electron chi connectivity index (χ2n) is 6.88. The van der Waals surface area contributed by atoms with Gasteiger partial charge in [-0.25, -0.2) is 4.79 Å². The van der Waals surface area contributed by atoms with Gasteiger partial charge in [0.25, 0.3) is 0 Å². The highest BCUT2D eigenvalue weighted by molar-refractivity contribution is 7.17. The Hall–Kier alpha value is -3.00. The van der Waals surface area contributed by atoms with Gasteiger partial charge in [0.15, 0.2) is 11.5 Å².